The third kappa shape index (κ3) is 4.09. The first-order chi connectivity index (χ1) is 11.1. The molecular formula is C18H25FN2O2. The Morgan fingerprint density at radius 2 is 2.00 bits per heavy atom. The van der Waals surface area contributed by atoms with Crippen LogP contribution in [-0.2, 0) is 11.3 Å². The summed E-state index contributed by atoms with van der Waals surface area (Å²) in [7, 11) is 0. The van der Waals surface area contributed by atoms with Gasteiger partial charge in [-0.15, -0.1) is 0 Å². The molecule has 1 atom stereocenters. The highest BCUT2D eigenvalue weighted by Gasteiger charge is 2.36. The first-order valence-corrected chi connectivity index (χ1v) is 8.54. The van der Waals surface area contributed by atoms with E-state index >= 15 is 0 Å². The van der Waals surface area contributed by atoms with Crippen molar-refractivity contribution >= 4 is 5.91 Å². The maximum atomic E-state index is 13.0. The average Bonchev–Trinajstić information content (AvgIpc) is 2.53. The lowest BCUT2D eigenvalue weighted by atomic mass is 9.80. The number of nitrogens with zero attached hydrogens (tertiary/aromatic N) is 1. The molecule has 2 aliphatic rings. The van der Waals surface area contributed by atoms with Crippen LogP contribution in [0, 0.1) is 5.82 Å². The van der Waals surface area contributed by atoms with Gasteiger partial charge in [-0.2, -0.15) is 0 Å². The molecule has 1 unspecified atom stereocenters. The topological polar surface area (TPSA) is 52.6 Å². The molecule has 1 amide bonds. The molecule has 1 aliphatic heterocycles. The number of amides is 1. The van der Waals surface area contributed by atoms with Crippen LogP contribution in [0.1, 0.15) is 44.1 Å². The fourth-order valence-electron chi connectivity index (χ4n) is 3.43. The van der Waals surface area contributed by atoms with E-state index < -0.39 is 5.60 Å². The first kappa shape index (κ1) is 16.4. The van der Waals surface area contributed by atoms with Crippen LogP contribution in [0.5, 0.6) is 0 Å². The molecule has 2 fully saturated rings. The predicted octanol–water partition coefficient (Wildman–Crippen LogP) is 2.21. The molecule has 1 aromatic carbocycles. The monoisotopic (exact) mass is 320 g/mol. The highest BCUT2D eigenvalue weighted by Crippen LogP contribution is 2.30. The molecule has 4 nitrogen and oxygen atoms in total. The number of hydrogen-bond acceptors (Lipinski definition) is 3. The second-order valence-electron chi connectivity index (χ2n) is 6.90. The van der Waals surface area contributed by atoms with E-state index in [2.05, 4.69) is 10.2 Å². The number of likely N-dealkylation sites (tertiary alicyclic amines) is 1. The molecule has 23 heavy (non-hydrogen) atoms. The van der Waals surface area contributed by atoms with Crippen LogP contribution in [0.15, 0.2) is 24.3 Å². The zero-order valence-corrected chi connectivity index (χ0v) is 13.4. The van der Waals surface area contributed by atoms with Crippen molar-refractivity contribution in [3.63, 3.8) is 0 Å². The fraction of sp³-hybridized carbons (Fsp3) is 0.611. The van der Waals surface area contributed by atoms with Crippen molar-refractivity contribution < 1.29 is 14.3 Å². The predicted molar refractivity (Wildman–Crippen MR) is 86.3 cm³/mol. The summed E-state index contributed by atoms with van der Waals surface area (Å²) in [6, 6.07) is 6.31. The highest BCUT2D eigenvalue weighted by atomic mass is 19.1. The lowest BCUT2D eigenvalue weighted by Gasteiger charge is -2.39. The van der Waals surface area contributed by atoms with Crippen molar-refractivity contribution in [3.05, 3.63) is 35.6 Å². The Morgan fingerprint density at radius 1 is 1.26 bits per heavy atom. The summed E-state index contributed by atoms with van der Waals surface area (Å²) in [5, 5.41) is 13.0. The van der Waals surface area contributed by atoms with E-state index in [1.54, 1.807) is 12.1 Å². The second kappa shape index (κ2) is 6.97. The normalized spacial score (nSPS) is 24.0. The smallest absolute Gasteiger partial charge is 0.237 e. The van der Waals surface area contributed by atoms with Crippen molar-refractivity contribution in [1.29, 1.82) is 0 Å². The molecule has 126 valence electrons. The van der Waals surface area contributed by atoms with Gasteiger partial charge < -0.3 is 10.4 Å². The van der Waals surface area contributed by atoms with Crippen LogP contribution < -0.4 is 5.32 Å². The van der Waals surface area contributed by atoms with Gasteiger partial charge in [0.15, 0.2) is 0 Å². The summed E-state index contributed by atoms with van der Waals surface area (Å²) >= 11 is 0. The Morgan fingerprint density at radius 3 is 2.65 bits per heavy atom. The van der Waals surface area contributed by atoms with Crippen molar-refractivity contribution in [2.75, 3.05) is 13.1 Å². The molecule has 3 rings (SSSR count). The third-order valence-corrected chi connectivity index (χ3v) is 5.09. The Bertz CT molecular complexity index is 542. The van der Waals surface area contributed by atoms with Gasteiger partial charge in [-0.25, -0.2) is 4.39 Å². The number of aliphatic hydroxyl groups is 1. The molecule has 1 heterocycles. The molecule has 1 aliphatic carbocycles. The van der Waals surface area contributed by atoms with Crippen LogP contribution in [0.4, 0.5) is 4.39 Å². The van der Waals surface area contributed by atoms with Crippen LogP contribution in [0.3, 0.4) is 0 Å². The number of halogens is 1. The van der Waals surface area contributed by atoms with E-state index in [1.165, 1.54) is 12.1 Å². The average molecular weight is 320 g/mol. The molecule has 0 aromatic heterocycles. The SMILES string of the molecule is O=C(NCC1(O)CCC1)C1CCCCN1Cc1ccc(F)cc1. The van der Waals surface area contributed by atoms with Crippen LogP contribution >= 0.6 is 0 Å². The Balaban J connectivity index is 1.58. The van der Waals surface area contributed by atoms with E-state index in [0.29, 0.717) is 13.1 Å². The van der Waals surface area contributed by atoms with Crippen molar-refractivity contribution in [1.82, 2.24) is 10.2 Å². The summed E-state index contributed by atoms with van der Waals surface area (Å²) in [6.45, 7) is 1.88. The van der Waals surface area contributed by atoms with Gasteiger partial charge in [-0.1, -0.05) is 18.6 Å². The largest absolute Gasteiger partial charge is 0.388 e. The summed E-state index contributed by atoms with van der Waals surface area (Å²) in [5.74, 6) is -0.234. The maximum Gasteiger partial charge on any atom is 0.237 e. The number of hydrogen-bond donors (Lipinski definition) is 2. The number of nitrogens with one attached hydrogen (secondary N) is 1. The fourth-order valence-corrected chi connectivity index (χ4v) is 3.43. The van der Waals surface area contributed by atoms with Gasteiger partial charge in [-0.05, 0) is 56.3 Å². The summed E-state index contributed by atoms with van der Waals surface area (Å²) < 4.78 is 13.0. The van der Waals surface area contributed by atoms with Gasteiger partial charge in [0.05, 0.1) is 11.6 Å². The van der Waals surface area contributed by atoms with Crippen molar-refractivity contribution in [2.45, 2.75) is 56.7 Å². The Kier molecular flexibility index (Phi) is 4.97. The quantitative estimate of drug-likeness (QED) is 0.874. The summed E-state index contributed by atoms with van der Waals surface area (Å²) in [6.07, 6.45) is 5.55. The first-order valence-electron chi connectivity index (χ1n) is 8.54. The zero-order valence-electron chi connectivity index (χ0n) is 13.4. The van der Waals surface area contributed by atoms with Crippen LogP contribution in [-0.4, -0.2) is 40.6 Å². The molecule has 2 N–H and O–H groups in total. The molecular weight excluding hydrogens is 295 g/mol. The lowest BCUT2D eigenvalue weighted by molar-refractivity contribution is -0.130. The van der Waals surface area contributed by atoms with E-state index in [0.717, 1.165) is 50.6 Å². The molecule has 1 aromatic rings. The molecule has 1 saturated carbocycles. The molecule has 0 bridgehead atoms. The van der Waals surface area contributed by atoms with Gasteiger partial charge in [0.25, 0.3) is 0 Å². The molecule has 0 spiro atoms. The van der Waals surface area contributed by atoms with Crippen LogP contribution in [0.2, 0.25) is 0 Å². The van der Waals surface area contributed by atoms with E-state index in [-0.39, 0.29) is 17.8 Å². The zero-order chi connectivity index (χ0) is 16.3. The minimum absolute atomic E-state index is 0.00661. The van der Waals surface area contributed by atoms with Gasteiger partial charge in [0, 0.05) is 13.1 Å². The van der Waals surface area contributed by atoms with Crippen LogP contribution in [0.25, 0.3) is 0 Å². The van der Waals surface area contributed by atoms with E-state index in [1.807, 2.05) is 0 Å². The third-order valence-electron chi connectivity index (χ3n) is 5.09. The standard InChI is InChI=1S/C18H25FN2O2/c19-15-7-5-14(6-8-15)12-21-11-2-1-4-16(21)17(22)20-13-18(23)9-3-10-18/h5-8,16,23H,1-4,9-13H2,(H,20,22). The van der Waals surface area contributed by atoms with Gasteiger partial charge >= 0.3 is 0 Å². The Hall–Kier alpha value is -1.46. The summed E-state index contributed by atoms with van der Waals surface area (Å²) in [5.41, 5.74) is 0.329. The minimum Gasteiger partial charge on any atom is -0.388 e. The molecule has 5 heteroatoms. The van der Waals surface area contributed by atoms with Crippen molar-refractivity contribution in [3.8, 4) is 0 Å². The number of rotatable bonds is 5. The second-order valence-corrected chi connectivity index (χ2v) is 6.90. The van der Waals surface area contributed by atoms with Gasteiger partial charge in [-0.3, -0.25) is 9.69 Å². The number of piperidine rings is 1. The number of benzene rings is 1. The lowest BCUT2D eigenvalue weighted by Crippen LogP contribution is -2.54. The maximum absolute atomic E-state index is 13.0. The number of carbonyl (C=O) groups excluding carboxylic acids is 1. The minimum atomic E-state index is -0.688. The van der Waals surface area contributed by atoms with Gasteiger partial charge in [0.1, 0.15) is 5.82 Å². The molecule has 0 radical (unpaired) electrons. The van der Waals surface area contributed by atoms with Crippen molar-refractivity contribution in [2.24, 2.45) is 0 Å². The van der Waals surface area contributed by atoms with E-state index in [9.17, 15) is 14.3 Å². The number of carbonyl (C=O) groups is 1. The molecule has 1 saturated heterocycles. The van der Waals surface area contributed by atoms with Gasteiger partial charge in [0.2, 0.25) is 5.91 Å². The Labute approximate surface area is 136 Å². The van der Waals surface area contributed by atoms with E-state index in [4.69, 9.17) is 0 Å². The summed E-state index contributed by atoms with van der Waals surface area (Å²) in [4.78, 5) is 14.7. The highest BCUT2D eigenvalue weighted by molar-refractivity contribution is 5.81.